The fourth-order valence-corrected chi connectivity index (χ4v) is 2.08. The number of benzene rings is 2. The number of carbonyl (C=O) groups excluding carboxylic acids is 1. The number of nitrogen functional groups attached to an aromatic ring is 1. The molecule has 0 saturated carbocycles. The van der Waals surface area contributed by atoms with Crippen LogP contribution in [0.25, 0.3) is 0 Å². The van der Waals surface area contributed by atoms with Crippen molar-refractivity contribution in [1.82, 2.24) is 0 Å². The number of hydrogen-bond acceptors (Lipinski definition) is 2. The quantitative estimate of drug-likeness (QED) is 0.813. The van der Waals surface area contributed by atoms with Gasteiger partial charge >= 0.3 is 0 Å². The minimum Gasteiger partial charge on any atom is -0.396 e. The molecule has 0 atom stereocenters. The second-order valence-electron chi connectivity index (χ2n) is 4.27. The highest BCUT2D eigenvalue weighted by atomic mass is 35.5. The number of aryl methyl sites for hydroxylation is 1. The Balaban J connectivity index is 2.26. The number of nitrogens with two attached hydrogens (primary N) is 1. The van der Waals surface area contributed by atoms with Gasteiger partial charge in [0.2, 0.25) is 0 Å². The van der Waals surface area contributed by atoms with Crippen LogP contribution in [0.1, 0.15) is 15.9 Å². The van der Waals surface area contributed by atoms with Gasteiger partial charge in [0.25, 0.3) is 5.91 Å². The Morgan fingerprint density at radius 2 is 1.80 bits per heavy atom. The highest BCUT2D eigenvalue weighted by Gasteiger charge is 2.12. The number of anilines is 2. The molecule has 0 aliphatic carbocycles. The van der Waals surface area contributed by atoms with E-state index in [4.69, 9.17) is 28.9 Å². The van der Waals surface area contributed by atoms with Gasteiger partial charge in [-0.25, -0.2) is 4.39 Å². The monoisotopic (exact) mass is 312 g/mol. The molecule has 2 aromatic carbocycles. The number of amides is 1. The van der Waals surface area contributed by atoms with Crippen LogP contribution in [0.3, 0.4) is 0 Å². The molecule has 0 spiro atoms. The summed E-state index contributed by atoms with van der Waals surface area (Å²) in [7, 11) is 0. The van der Waals surface area contributed by atoms with Gasteiger partial charge in [-0.2, -0.15) is 0 Å². The minimum atomic E-state index is -0.447. The van der Waals surface area contributed by atoms with Gasteiger partial charge in [-0.15, -0.1) is 0 Å². The molecule has 0 aliphatic heterocycles. The third-order valence-corrected chi connectivity index (χ3v) is 3.40. The molecule has 2 aromatic rings. The summed E-state index contributed by atoms with van der Waals surface area (Å²) in [6.07, 6.45) is 0. The van der Waals surface area contributed by atoms with Crippen molar-refractivity contribution in [3.63, 3.8) is 0 Å². The van der Waals surface area contributed by atoms with E-state index in [0.29, 0.717) is 11.3 Å². The van der Waals surface area contributed by atoms with Crippen molar-refractivity contribution >= 4 is 40.5 Å². The van der Waals surface area contributed by atoms with Gasteiger partial charge in [0.1, 0.15) is 5.82 Å². The number of rotatable bonds is 2. The lowest BCUT2D eigenvalue weighted by molar-refractivity contribution is 0.102. The summed E-state index contributed by atoms with van der Waals surface area (Å²) >= 11 is 11.7. The lowest BCUT2D eigenvalue weighted by atomic mass is 10.1. The molecule has 1 amide bonds. The molecule has 0 heterocycles. The largest absolute Gasteiger partial charge is 0.396 e. The number of carbonyl (C=O) groups is 1. The van der Waals surface area contributed by atoms with E-state index >= 15 is 0 Å². The molecule has 0 bridgehead atoms. The van der Waals surface area contributed by atoms with Crippen LogP contribution in [-0.4, -0.2) is 5.91 Å². The molecule has 104 valence electrons. The van der Waals surface area contributed by atoms with Gasteiger partial charge in [-0.3, -0.25) is 4.79 Å². The normalized spacial score (nSPS) is 10.4. The lowest BCUT2D eigenvalue weighted by Gasteiger charge is -2.08. The molecule has 0 fully saturated rings. The fraction of sp³-hybridized carbons (Fsp3) is 0.0714. The van der Waals surface area contributed by atoms with Crippen LogP contribution in [-0.2, 0) is 0 Å². The average Bonchev–Trinajstić information content (AvgIpc) is 2.39. The van der Waals surface area contributed by atoms with Gasteiger partial charge in [0.15, 0.2) is 0 Å². The van der Waals surface area contributed by atoms with Crippen molar-refractivity contribution in [3.05, 3.63) is 57.3 Å². The fourth-order valence-electron chi connectivity index (χ4n) is 1.59. The zero-order valence-corrected chi connectivity index (χ0v) is 12.0. The Morgan fingerprint density at radius 3 is 2.35 bits per heavy atom. The van der Waals surface area contributed by atoms with Crippen LogP contribution in [0.4, 0.5) is 15.8 Å². The van der Waals surface area contributed by atoms with Gasteiger partial charge in [0.05, 0.1) is 15.7 Å². The van der Waals surface area contributed by atoms with E-state index in [2.05, 4.69) is 5.32 Å². The average molecular weight is 313 g/mol. The summed E-state index contributed by atoms with van der Waals surface area (Å²) in [4.78, 5) is 12.0. The predicted molar refractivity (Wildman–Crippen MR) is 80.0 cm³/mol. The lowest BCUT2D eigenvalue weighted by Crippen LogP contribution is -2.12. The SMILES string of the molecule is Cc1ccc(NC(=O)c2cc(Cl)c(N)c(Cl)c2)cc1F. The number of hydrogen-bond donors (Lipinski definition) is 2. The van der Waals surface area contributed by atoms with Crippen molar-refractivity contribution < 1.29 is 9.18 Å². The van der Waals surface area contributed by atoms with E-state index in [1.165, 1.54) is 18.2 Å². The van der Waals surface area contributed by atoms with E-state index in [-0.39, 0.29) is 21.3 Å². The van der Waals surface area contributed by atoms with Crippen LogP contribution in [0.2, 0.25) is 10.0 Å². The highest BCUT2D eigenvalue weighted by Crippen LogP contribution is 2.29. The topological polar surface area (TPSA) is 55.1 Å². The van der Waals surface area contributed by atoms with Crippen LogP contribution in [0.15, 0.2) is 30.3 Å². The Labute approximate surface area is 125 Å². The first-order valence-electron chi connectivity index (χ1n) is 5.70. The standard InChI is InChI=1S/C14H11Cl2FN2O/c1-7-2-3-9(6-12(7)17)19-14(20)8-4-10(15)13(18)11(16)5-8/h2-6H,18H2,1H3,(H,19,20). The highest BCUT2D eigenvalue weighted by molar-refractivity contribution is 6.39. The van der Waals surface area contributed by atoms with Gasteiger partial charge < -0.3 is 11.1 Å². The third-order valence-electron chi connectivity index (χ3n) is 2.77. The molecule has 2 rings (SSSR count). The zero-order valence-electron chi connectivity index (χ0n) is 10.5. The second-order valence-corrected chi connectivity index (χ2v) is 5.09. The molecular formula is C14H11Cl2FN2O. The maximum atomic E-state index is 13.4. The Morgan fingerprint density at radius 1 is 1.20 bits per heavy atom. The molecule has 3 nitrogen and oxygen atoms in total. The maximum absolute atomic E-state index is 13.4. The smallest absolute Gasteiger partial charge is 0.255 e. The number of nitrogens with one attached hydrogen (secondary N) is 1. The molecule has 0 saturated heterocycles. The Hall–Kier alpha value is -1.78. The molecule has 0 aromatic heterocycles. The first-order valence-corrected chi connectivity index (χ1v) is 6.46. The summed E-state index contributed by atoms with van der Waals surface area (Å²) in [6.45, 7) is 1.64. The molecule has 0 unspecified atom stereocenters. The first-order chi connectivity index (χ1) is 9.38. The summed E-state index contributed by atoms with van der Waals surface area (Å²) in [6, 6.07) is 7.24. The minimum absolute atomic E-state index is 0.192. The van der Waals surface area contributed by atoms with E-state index in [9.17, 15) is 9.18 Å². The zero-order chi connectivity index (χ0) is 14.9. The van der Waals surface area contributed by atoms with Crippen LogP contribution in [0, 0.1) is 12.7 Å². The third kappa shape index (κ3) is 3.03. The molecule has 6 heteroatoms. The number of halogens is 3. The first kappa shape index (κ1) is 14.6. The van der Waals surface area contributed by atoms with E-state index in [1.807, 2.05) is 0 Å². The molecule has 20 heavy (non-hydrogen) atoms. The van der Waals surface area contributed by atoms with Crippen molar-refractivity contribution in [3.8, 4) is 0 Å². The van der Waals surface area contributed by atoms with Gasteiger partial charge in [-0.1, -0.05) is 29.3 Å². The van der Waals surface area contributed by atoms with Crippen LogP contribution >= 0.6 is 23.2 Å². The summed E-state index contributed by atoms with van der Waals surface area (Å²) < 4.78 is 13.4. The van der Waals surface area contributed by atoms with Crippen LogP contribution in [0.5, 0.6) is 0 Å². The van der Waals surface area contributed by atoms with Crippen LogP contribution < -0.4 is 11.1 Å². The van der Waals surface area contributed by atoms with Crippen molar-refractivity contribution in [2.24, 2.45) is 0 Å². The second kappa shape index (κ2) is 5.69. The molecular weight excluding hydrogens is 302 g/mol. The molecule has 0 radical (unpaired) electrons. The molecule has 3 N–H and O–H groups in total. The predicted octanol–water partition coefficient (Wildman–Crippen LogP) is 4.28. The van der Waals surface area contributed by atoms with Gasteiger partial charge in [0, 0.05) is 11.3 Å². The summed E-state index contributed by atoms with van der Waals surface area (Å²) in [5.41, 5.74) is 6.91. The Kier molecular flexibility index (Phi) is 4.16. The van der Waals surface area contributed by atoms with Crippen molar-refractivity contribution in [2.75, 3.05) is 11.1 Å². The summed E-state index contributed by atoms with van der Waals surface area (Å²) in [5, 5.41) is 2.95. The van der Waals surface area contributed by atoms with Gasteiger partial charge in [-0.05, 0) is 36.8 Å². The Bertz CT molecular complexity index is 666. The molecule has 0 aliphatic rings. The van der Waals surface area contributed by atoms with E-state index in [1.54, 1.807) is 19.1 Å². The van der Waals surface area contributed by atoms with E-state index in [0.717, 1.165) is 0 Å². The summed E-state index contributed by atoms with van der Waals surface area (Å²) in [5.74, 6) is -0.840. The van der Waals surface area contributed by atoms with E-state index < -0.39 is 11.7 Å². The van der Waals surface area contributed by atoms with Crippen molar-refractivity contribution in [1.29, 1.82) is 0 Å². The van der Waals surface area contributed by atoms with Crippen molar-refractivity contribution in [2.45, 2.75) is 6.92 Å². The maximum Gasteiger partial charge on any atom is 0.255 e.